The zero-order chi connectivity index (χ0) is 13.1. The first-order valence-electron chi connectivity index (χ1n) is 5.98. The van der Waals surface area contributed by atoms with Crippen LogP contribution in [0.25, 0.3) is 0 Å². The molecule has 0 heterocycles. The van der Waals surface area contributed by atoms with Crippen molar-refractivity contribution in [3.8, 4) is 0 Å². The van der Waals surface area contributed by atoms with Gasteiger partial charge in [-0.2, -0.15) is 0 Å². The SMILES string of the molecule is NC(=S)c1ccc(Cl)c(NC(=O)C2CCCC2)c1. The lowest BCUT2D eigenvalue weighted by atomic mass is 10.1. The number of rotatable bonds is 3. The number of nitrogens with two attached hydrogens (primary N) is 1. The van der Waals surface area contributed by atoms with Crippen LogP contribution in [-0.4, -0.2) is 10.9 Å². The topological polar surface area (TPSA) is 55.1 Å². The van der Waals surface area contributed by atoms with Crippen LogP contribution in [0.1, 0.15) is 31.2 Å². The van der Waals surface area contributed by atoms with E-state index in [-0.39, 0.29) is 11.8 Å². The number of thiocarbonyl (C=S) groups is 1. The van der Waals surface area contributed by atoms with E-state index in [2.05, 4.69) is 5.32 Å². The van der Waals surface area contributed by atoms with Crippen LogP contribution in [0.3, 0.4) is 0 Å². The highest BCUT2D eigenvalue weighted by atomic mass is 35.5. The first-order chi connectivity index (χ1) is 8.58. The van der Waals surface area contributed by atoms with Gasteiger partial charge in [-0.25, -0.2) is 0 Å². The molecule has 0 aliphatic heterocycles. The van der Waals surface area contributed by atoms with Gasteiger partial charge in [0.15, 0.2) is 0 Å². The Morgan fingerprint density at radius 2 is 2.06 bits per heavy atom. The summed E-state index contributed by atoms with van der Waals surface area (Å²) in [7, 11) is 0. The Kier molecular flexibility index (Phi) is 4.19. The van der Waals surface area contributed by atoms with Crippen molar-refractivity contribution in [3.63, 3.8) is 0 Å². The minimum absolute atomic E-state index is 0.0366. The van der Waals surface area contributed by atoms with Crippen LogP contribution in [0.15, 0.2) is 18.2 Å². The Morgan fingerprint density at radius 1 is 1.39 bits per heavy atom. The molecular formula is C13H15ClN2OS. The fourth-order valence-corrected chi connectivity index (χ4v) is 2.49. The van der Waals surface area contributed by atoms with Crippen molar-refractivity contribution in [2.45, 2.75) is 25.7 Å². The number of hydrogen-bond donors (Lipinski definition) is 2. The van der Waals surface area contributed by atoms with Gasteiger partial charge in [0.05, 0.1) is 10.7 Å². The lowest BCUT2D eigenvalue weighted by Crippen LogP contribution is -2.21. The molecule has 0 unspecified atom stereocenters. The molecule has 1 aliphatic carbocycles. The predicted molar refractivity (Wildman–Crippen MR) is 77.9 cm³/mol. The van der Waals surface area contributed by atoms with E-state index < -0.39 is 0 Å². The largest absolute Gasteiger partial charge is 0.389 e. The predicted octanol–water partition coefficient (Wildman–Crippen LogP) is 3.10. The van der Waals surface area contributed by atoms with Crippen LogP contribution in [0.2, 0.25) is 5.02 Å². The third kappa shape index (κ3) is 3.00. The molecule has 0 spiro atoms. The molecule has 1 fully saturated rings. The summed E-state index contributed by atoms with van der Waals surface area (Å²) in [5.74, 6) is 0.143. The maximum atomic E-state index is 12.0. The second-order valence-electron chi connectivity index (χ2n) is 4.53. The molecule has 0 bridgehead atoms. The summed E-state index contributed by atoms with van der Waals surface area (Å²) < 4.78 is 0. The molecule has 3 N–H and O–H groups in total. The number of halogens is 1. The molecule has 1 aromatic rings. The highest BCUT2D eigenvalue weighted by Crippen LogP contribution is 2.28. The Balaban J connectivity index is 2.14. The number of carbonyl (C=O) groups excluding carboxylic acids is 1. The van der Waals surface area contributed by atoms with E-state index in [0.717, 1.165) is 25.7 Å². The molecule has 0 radical (unpaired) electrons. The second kappa shape index (κ2) is 5.67. The molecule has 0 saturated heterocycles. The molecule has 0 aromatic heterocycles. The summed E-state index contributed by atoms with van der Waals surface area (Å²) in [4.78, 5) is 12.3. The summed E-state index contributed by atoms with van der Waals surface area (Å²) in [6.07, 6.45) is 4.16. The van der Waals surface area contributed by atoms with Gasteiger partial charge < -0.3 is 11.1 Å². The lowest BCUT2D eigenvalue weighted by Gasteiger charge is -2.12. The van der Waals surface area contributed by atoms with Gasteiger partial charge in [-0.3, -0.25) is 4.79 Å². The molecule has 3 nitrogen and oxygen atoms in total. The van der Waals surface area contributed by atoms with Gasteiger partial charge in [-0.05, 0) is 25.0 Å². The lowest BCUT2D eigenvalue weighted by molar-refractivity contribution is -0.119. The Labute approximate surface area is 117 Å². The van der Waals surface area contributed by atoms with Gasteiger partial charge >= 0.3 is 0 Å². The fraction of sp³-hybridized carbons (Fsp3) is 0.385. The summed E-state index contributed by atoms with van der Waals surface area (Å²) in [5.41, 5.74) is 6.85. The molecule has 1 amide bonds. The van der Waals surface area contributed by atoms with Crippen LogP contribution < -0.4 is 11.1 Å². The van der Waals surface area contributed by atoms with Gasteiger partial charge in [0.1, 0.15) is 4.99 Å². The number of benzene rings is 1. The van der Waals surface area contributed by atoms with Crippen molar-refractivity contribution in [1.82, 2.24) is 0 Å². The van der Waals surface area contributed by atoms with E-state index in [1.807, 2.05) is 0 Å². The summed E-state index contributed by atoms with van der Waals surface area (Å²) in [6.45, 7) is 0. The molecular weight excluding hydrogens is 268 g/mol. The van der Waals surface area contributed by atoms with E-state index in [1.165, 1.54) is 0 Å². The number of anilines is 1. The van der Waals surface area contributed by atoms with Crippen LogP contribution in [0, 0.1) is 5.92 Å². The fourth-order valence-electron chi connectivity index (χ4n) is 2.20. The van der Waals surface area contributed by atoms with Gasteiger partial charge in [-0.15, -0.1) is 0 Å². The minimum atomic E-state index is 0.0366. The number of nitrogens with one attached hydrogen (secondary N) is 1. The van der Waals surface area contributed by atoms with Crippen molar-refractivity contribution >= 4 is 40.4 Å². The molecule has 5 heteroatoms. The van der Waals surface area contributed by atoms with Crippen LogP contribution in [0.4, 0.5) is 5.69 Å². The van der Waals surface area contributed by atoms with E-state index in [0.29, 0.717) is 21.3 Å². The van der Waals surface area contributed by atoms with Crippen molar-refractivity contribution < 1.29 is 4.79 Å². The normalized spacial score (nSPS) is 15.6. The quantitative estimate of drug-likeness (QED) is 0.838. The van der Waals surface area contributed by atoms with Crippen molar-refractivity contribution in [2.24, 2.45) is 11.7 Å². The summed E-state index contributed by atoms with van der Waals surface area (Å²) in [6, 6.07) is 5.16. The third-order valence-electron chi connectivity index (χ3n) is 3.23. The molecule has 0 atom stereocenters. The smallest absolute Gasteiger partial charge is 0.227 e. The van der Waals surface area contributed by atoms with Crippen LogP contribution in [0.5, 0.6) is 0 Å². The summed E-state index contributed by atoms with van der Waals surface area (Å²) in [5, 5.41) is 3.36. The van der Waals surface area contributed by atoms with E-state index in [4.69, 9.17) is 29.6 Å². The van der Waals surface area contributed by atoms with Gasteiger partial charge in [0.2, 0.25) is 5.91 Å². The highest BCUT2D eigenvalue weighted by Gasteiger charge is 2.23. The number of hydrogen-bond acceptors (Lipinski definition) is 2. The zero-order valence-corrected chi connectivity index (χ0v) is 11.5. The van der Waals surface area contributed by atoms with Gasteiger partial charge in [-0.1, -0.05) is 42.7 Å². The number of amides is 1. The Morgan fingerprint density at radius 3 is 2.67 bits per heavy atom. The van der Waals surface area contributed by atoms with Crippen LogP contribution >= 0.6 is 23.8 Å². The van der Waals surface area contributed by atoms with E-state index >= 15 is 0 Å². The molecule has 1 aromatic carbocycles. The van der Waals surface area contributed by atoms with Crippen LogP contribution in [-0.2, 0) is 4.79 Å². The second-order valence-corrected chi connectivity index (χ2v) is 5.38. The average Bonchev–Trinajstić information content (AvgIpc) is 2.85. The molecule has 18 heavy (non-hydrogen) atoms. The standard InChI is InChI=1S/C13H15ClN2OS/c14-10-6-5-9(12(15)18)7-11(10)16-13(17)8-3-1-2-4-8/h5-8H,1-4H2,(H2,15,18)(H,16,17). The first-order valence-corrected chi connectivity index (χ1v) is 6.77. The van der Waals surface area contributed by atoms with Gasteiger partial charge in [0, 0.05) is 11.5 Å². The zero-order valence-electron chi connectivity index (χ0n) is 9.91. The molecule has 96 valence electrons. The molecule has 1 aliphatic rings. The van der Waals surface area contributed by atoms with Crippen molar-refractivity contribution in [2.75, 3.05) is 5.32 Å². The van der Waals surface area contributed by atoms with Crippen molar-refractivity contribution in [1.29, 1.82) is 0 Å². The maximum absolute atomic E-state index is 12.0. The maximum Gasteiger partial charge on any atom is 0.227 e. The third-order valence-corrected chi connectivity index (χ3v) is 3.80. The van der Waals surface area contributed by atoms with Gasteiger partial charge in [0.25, 0.3) is 0 Å². The highest BCUT2D eigenvalue weighted by molar-refractivity contribution is 7.80. The van der Waals surface area contributed by atoms with E-state index in [1.54, 1.807) is 18.2 Å². The average molecular weight is 283 g/mol. The minimum Gasteiger partial charge on any atom is -0.389 e. The Hall–Kier alpha value is -1.13. The van der Waals surface area contributed by atoms with Crippen molar-refractivity contribution in [3.05, 3.63) is 28.8 Å². The Bertz CT molecular complexity index is 484. The monoisotopic (exact) mass is 282 g/mol. The summed E-state index contributed by atoms with van der Waals surface area (Å²) >= 11 is 11.0. The first kappa shape index (κ1) is 13.3. The molecule has 1 saturated carbocycles. The molecule has 2 rings (SSSR count). The van der Waals surface area contributed by atoms with E-state index in [9.17, 15) is 4.79 Å². The number of carbonyl (C=O) groups is 1.